The second kappa shape index (κ2) is 7.98. The van der Waals surface area contributed by atoms with Gasteiger partial charge in [-0.15, -0.1) is 0 Å². The number of carboxylic acid groups (broad SMARTS) is 1. The van der Waals surface area contributed by atoms with Gasteiger partial charge in [0.1, 0.15) is 12.1 Å². The molecule has 0 bridgehead atoms. The smallest absolute Gasteiger partial charge is 0.326 e. The lowest BCUT2D eigenvalue weighted by Gasteiger charge is -2.35. The Morgan fingerprint density at radius 3 is 2.70 bits per heavy atom. The van der Waals surface area contributed by atoms with E-state index in [1.165, 1.54) is 4.90 Å². The molecule has 4 N–H and O–H groups in total. The number of hydrogen-bond acceptors (Lipinski definition) is 4. The molecule has 114 valence electrons. The van der Waals surface area contributed by atoms with Crippen molar-refractivity contribution in [2.24, 2.45) is 5.73 Å². The maximum Gasteiger partial charge on any atom is 0.326 e. The van der Waals surface area contributed by atoms with Gasteiger partial charge in [-0.2, -0.15) is 11.8 Å². The minimum absolute atomic E-state index is 0.357. The third kappa shape index (κ3) is 4.59. The number of nitrogens with one attached hydrogen (secondary N) is 1. The summed E-state index contributed by atoms with van der Waals surface area (Å²) >= 11 is 1.55. The molecule has 1 unspecified atom stereocenters. The number of rotatable bonds is 6. The van der Waals surface area contributed by atoms with Crippen LogP contribution in [0.25, 0.3) is 0 Å². The van der Waals surface area contributed by atoms with E-state index in [2.05, 4.69) is 5.32 Å². The molecule has 2 atom stereocenters. The van der Waals surface area contributed by atoms with Crippen molar-refractivity contribution in [3.63, 3.8) is 0 Å². The Bertz CT molecular complexity index is 378. The molecular weight excluding hydrogens is 282 g/mol. The zero-order valence-corrected chi connectivity index (χ0v) is 12.3. The van der Waals surface area contributed by atoms with Crippen molar-refractivity contribution < 1.29 is 19.5 Å². The highest BCUT2D eigenvalue weighted by atomic mass is 32.2. The average Bonchev–Trinajstić information content (AvgIpc) is 2.42. The Labute approximate surface area is 122 Å². The van der Waals surface area contributed by atoms with Crippen molar-refractivity contribution in [2.45, 2.75) is 37.8 Å². The fourth-order valence-electron chi connectivity index (χ4n) is 2.32. The second-order valence-corrected chi connectivity index (χ2v) is 5.71. The van der Waals surface area contributed by atoms with Gasteiger partial charge in [0.2, 0.25) is 5.91 Å². The molecule has 7 nitrogen and oxygen atoms in total. The summed E-state index contributed by atoms with van der Waals surface area (Å²) in [4.78, 5) is 36.0. The molecule has 3 amide bonds. The highest BCUT2D eigenvalue weighted by Gasteiger charge is 2.35. The zero-order valence-electron chi connectivity index (χ0n) is 11.5. The molecule has 1 aliphatic rings. The summed E-state index contributed by atoms with van der Waals surface area (Å²) in [5, 5.41) is 11.6. The lowest BCUT2D eigenvalue weighted by molar-refractivity contribution is -0.152. The highest BCUT2D eigenvalue weighted by molar-refractivity contribution is 7.98. The number of amides is 3. The van der Waals surface area contributed by atoms with Crippen LogP contribution < -0.4 is 11.1 Å². The van der Waals surface area contributed by atoms with E-state index in [0.29, 0.717) is 25.1 Å². The van der Waals surface area contributed by atoms with Crippen molar-refractivity contribution in [1.29, 1.82) is 0 Å². The normalized spacial score (nSPS) is 20.2. The first-order chi connectivity index (χ1) is 9.47. The lowest BCUT2D eigenvalue weighted by Crippen LogP contribution is -2.56. The predicted octanol–water partition coefficient (Wildman–Crippen LogP) is 0.242. The van der Waals surface area contributed by atoms with Gasteiger partial charge in [-0.3, -0.25) is 4.79 Å². The number of nitrogens with two attached hydrogens (primary N) is 1. The van der Waals surface area contributed by atoms with Crippen LogP contribution in [0.15, 0.2) is 0 Å². The van der Waals surface area contributed by atoms with Gasteiger partial charge in [0.05, 0.1) is 0 Å². The number of carbonyl (C=O) groups is 3. The number of hydrogen-bond donors (Lipinski definition) is 3. The minimum atomic E-state index is -0.999. The highest BCUT2D eigenvalue weighted by Crippen LogP contribution is 2.19. The average molecular weight is 303 g/mol. The van der Waals surface area contributed by atoms with Crippen molar-refractivity contribution in [1.82, 2.24) is 10.2 Å². The molecule has 1 aliphatic heterocycles. The molecule has 0 aliphatic carbocycles. The summed E-state index contributed by atoms with van der Waals surface area (Å²) in [5.41, 5.74) is 5.08. The molecule has 0 saturated carbocycles. The quantitative estimate of drug-likeness (QED) is 0.650. The number of piperidine rings is 1. The van der Waals surface area contributed by atoms with Crippen LogP contribution in [0.2, 0.25) is 0 Å². The molecule has 0 aromatic carbocycles. The molecule has 1 fully saturated rings. The molecular formula is C12H21N3O4S. The van der Waals surface area contributed by atoms with Crippen molar-refractivity contribution in [2.75, 3.05) is 18.6 Å². The number of primary amides is 1. The van der Waals surface area contributed by atoms with Crippen LogP contribution in [-0.2, 0) is 9.59 Å². The zero-order chi connectivity index (χ0) is 15.1. The molecule has 0 aromatic heterocycles. The van der Waals surface area contributed by atoms with Gasteiger partial charge in [-0.05, 0) is 37.7 Å². The van der Waals surface area contributed by atoms with Gasteiger partial charge in [0, 0.05) is 6.54 Å². The van der Waals surface area contributed by atoms with E-state index in [0.717, 1.165) is 12.8 Å². The topological polar surface area (TPSA) is 113 Å². The van der Waals surface area contributed by atoms with E-state index in [4.69, 9.17) is 5.73 Å². The van der Waals surface area contributed by atoms with E-state index >= 15 is 0 Å². The number of nitrogens with zero attached hydrogens (tertiary/aromatic N) is 1. The number of likely N-dealkylation sites (tertiary alicyclic amines) is 1. The van der Waals surface area contributed by atoms with Crippen LogP contribution in [-0.4, -0.2) is 58.6 Å². The summed E-state index contributed by atoms with van der Waals surface area (Å²) in [5.74, 6) is -0.673. The van der Waals surface area contributed by atoms with Crippen LogP contribution in [0.5, 0.6) is 0 Å². The Balaban J connectivity index is 2.79. The standard InChI is InChI=1S/C12H21N3O4S/c1-20-7-5-8(14-12(13)19)10(16)15-6-3-2-4-9(15)11(17)18/h8-9H,2-7H2,1H3,(H,17,18)(H3,13,14,19)/t8?,9-/m0/s1. The summed E-state index contributed by atoms with van der Waals surface area (Å²) in [6.07, 6.45) is 4.35. The van der Waals surface area contributed by atoms with Crippen LogP contribution in [0.1, 0.15) is 25.7 Å². The third-order valence-corrected chi connectivity index (χ3v) is 3.94. The monoisotopic (exact) mass is 303 g/mol. The lowest BCUT2D eigenvalue weighted by atomic mass is 10.0. The number of thioether (sulfide) groups is 1. The minimum Gasteiger partial charge on any atom is -0.480 e. The maximum atomic E-state index is 12.4. The van der Waals surface area contributed by atoms with Crippen LogP contribution in [0.3, 0.4) is 0 Å². The second-order valence-electron chi connectivity index (χ2n) is 4.72. The van der Waals surface area contributed by atoms with Gasteiger partial charge < -0.3 is 21.1 Å². The van der Waals surface area contributed by atoms with E-state index in [-0.39, 0.29) is 5.91 Å². The van der Waals surface area contributed by atoms with Gasteiger partial charge in [-0.25, -0.2) is 9.59 Å². The summed E-state index contributed by atoms with van der Waals surface area (Å²) < 4.78 is 0. The molecule has 1 saturated heterocycles. The molecule has 20 heavy (non-hydrogen) atoms. The van der Waals surface area contributed by atoms with Crippen LogP contribution in [0.4, 0.5) is 4.79 Å². The largest absolute Gasteiger partial charge is 0.480 e. The van der Waals surface area contributed by atoms with E-state index in [1.54, 1.807) is 11.8 Å². The van der Waals surface area contributed by atoms with Crippen molar-refractivity contribution >= 4 is 29.7 Å². The maximum absolute atomic E-state index is 12.4. The fourth-order valence-corrected chi connectivity index (χ4v) is 2.79. The first kappa shape index (κ1) is 16.6. The summed E-state index contributed by atoms with van der Waals surface area (Å²) in [6.45, 7) is 0.409. The molecule has 0 aromatic rings. The van der Waals surface area contributed by atoms with Gasteiger partial charge in [-0.1, -0.05) is 0 Å². The molecule has 1 heterocycles. The van der Waals surface area contributed by atoms with Crippen LogP contribution in [0, 0.1) is 0 Å². The van der Waals surface area contributed by atoms with Gasteiger partial charge in [0.25, 0.3) is 0 Å². The van der Waals surface area contributed by atoms with Gasteiger partial charge in [0.15, 0.2) is 0 Å². The number of carboxylic acids is 1. The Morgan fingerprint density at radius 1 is 1.45 bits per heavy atom. The first-order valence-electron chi connectivity index (χ1n) is 6.55. The van der Waals surface area contributed by atoms with Crippen molar-refractivity contribution in [3.8, 4) is 0 Å². The number of aliphatic carboxylic acids is 1. The predicted molar refractivity (Wildman–Crippen MR) is 76.5 cm³/mol. The Kier molecular flexibility index (Phi) is 6.63. The summed E-state index contributed by atoms with van der Waals surface area (Å²) in [6, 6.07) is -2.32. The molecule has 0 spiro atoms. The fraction of sp³-hybridized carbons (Fsp3) is 0.750. The van der Waals surface area contributed by atoms with E-state index in [1.807, 2.05) is 6.26 Å². The Morgan fingerprint density at radius 2 is 2.15 bits per heavy atom. The number of carbonyl (C=O) groups excluding carboxylic acids is 2. The Hall–Kier alpha value is -1.44. The van der Waals surface area contributed by atoms with E-state index in [9.17, 15) is 19.5 Å². The SMILES string of the molecule is CSCCC(NC(N)=O)C(=O)N1CCCC[C@H]1C(=O)O. The number of urea groups is 1. The van der Waals surface area contributed by atoms with Crippen LogP contribution >= 0.6 is 11.8 Å². The first-order valence-corrected chi connectivity index (χ1v) is 7.95. The van der Waals surface area contributed by atoms with Crippen molar-refractivity contribution in [3.05, 3.63) is 0 Å². The summed E-state index contributed by atoms with van der Waals surface area (Å²) in [7, 11) is 0. The van der Waals surface area contributed by atoms with Gasteiger partial charge >= 0.3 is 12.0 Å². The van der Waals surface area contributed by atoms with E-state index < -0.39 is 24.1 Å². The molecule has 0 radical (unpaired) electrons. The molecule has 8 heteroatoms. The third-order valence-electron chi connectivity index (χ3n) is 3.30. The molecule has 1 rings (SSSR count).